The van der Waals surface area contributed by atoms with Gasteiger partial charge in [-0.2, -0.15) is 11.8 Å². The Morgan fingerprint density at radius 3 is 2.92 bits per heavy atom. The minimum absolute atomic E-state index is 0.712. The third kappa shape index (κ3) is 3.92. The molecule has 1 rings (SSSR count). The topological polar surface area (TPSA) is 12.0 Å². The second kappa shape index (κ2) is 5.94. The van der Waals surface area contributed by atoms with Gasteiger partial charge in [-0.25, -0.2) is 0 Å². The van der Waals surface area contributed by atoms with Crippen molar-refractivity contribution in [2.45, 2.75) is 37.5 Å². The predicted molar refractivity (Wildman–Crippen MR) is 62.6 cm³/mol. The first-order chi connectivity index (χ1) is 6.26. The van der Waals surface area contributed by atoms with Gasteiger partial charge in [0.15, 0.2) is 0 Å². The minimum Gasteiger partial charge on any atom is -0.310 e. The van der Waals surface area contributed by atoms with Crippen LogP contribution < -0.4 is 5.32 Å². The lowest BCUT2D eigenvalue weighted by atomic mass is 10.2. The number of hydrogen-bond donors (Lipinski definition) is 1. The third-order valence-electron chi connectivity index (χ3n) is 2.57. The molecule has 0 amide bonds. The van der Waals surface area contributed by atoms with E-state index in [1.54, 1.807) is 5.54 Å². The molecule has 3 heteroatoms. The van der Waals surface area contributed by atoms with Crippen molar-refractivity contribution in [1.29, 1.82) is 0 Å². The van der Waals surface area contributed by atoms with Gasteiger partial charge < -0.3 is 5.32 Å². The molecule has 1 fully saturated rings. The highest BCUT2D eigenvalue weighted by Gasteiger charge is 2.22. The van der Waals surface area contributed by atoms with Gasteiger partial charge in [-0.3, -0.25) is 0 Å². The van der Waals surface area contributed by atoms with Crippen LogP contribution in [0.15, 0.2) is 11.1 Å². The summed E-state index contributed by atoms with van der Waals surface area (Å²) in [5, 5.41) is 4.40. The highest BCUT2D eigenvalue weighted by Crippen LogP contribution is 2.28. The van der Waals surface area contributed by atoms with Gasteiger partial charge in [0.2, 0.25) is 0 Å². The Labute approximate surface area is 90.3 Å². The van der Waals surface area contributed by atoms with Crippen LogP contribution in [0.4, 0.5) is 0 Å². The third-order valence-corrected chi connectivity index (χ3v) is 4.04. The summed E-state index contributed by atoms with van der Waals surface area (Å²) in [6.07, 6.45) is 6.21. The molecular formula is C10H18ClNS. The fourth-order valence-corrected chi connectivity index (χ4v) is 2.56. The maximum Gasteiger partial charge on any atom is 0.0176 e. The van der Waals surface area contributed by atoms with Crippen LogP contribution in [-0.2, 0) is 0 Å². The molecule has 1 aliphatic carbocycles. The number of thioether (sulfide) groups is 1. The average Bonchev–Trinajstić information content (AvgIpc) is 2.61. The van der Waals surface area contributed by atoms with Gasteiger partial charge in [-0.1, -0.05) is 11.6 Å². The van der Waals surface area contributed by atoms with E-state index >= 15 is 0 Å². The predicted octanol–water partition coefficient (Wildman–Crippen LogP) is 3.00. The van der Waals surface area contributed by atoms with E-state index in [-0.39, 0.29) is 0 Å². The summed E-state index contributed by atoms with van der Waals surface area (Å²) in [5.41, 5.74) is 2.88. The molecule has 0 spiro atoms. The standard InChI is InChI=1S/C10H18ClNS/c1-8(6-11)7-12-9-3-4-10(5-9)13-2/h6,9-10,12H,3-5,7H2,1-2H3. The second-order valence-electron chi connectivity index (χ2n) is 3.70. The summed E-state index contributed by atoms with van der Waals surface area (Å²) in [4.78, 5) is 0. The van der Waals surface area contributed by atoms with Crippen molar-refractivity contribution in [3.63, 3.8) is 0 Å². The molecule has 2 atom stereocenters. The lowest BCUT2D eigenvalue weighted by Gasteiger charge is -2.12. The van der Waals surface area contributed by atoms with Gasteiger partial charge in [0.25, 0.3) is 0 Å². The van der Waals surface area contributed by atoms with Gasteiger partial charge in [0, 0.05) is 23.4 Å². The summed E-state index contributed by atoms with van der Waals surface area (Å²) >= 11 is 7.58. The number of nitrogens with one attached hydrogen (secondary N) is 1. The lowest BCUT2D eigenvalue weighted by molar-refractivity contribution is 0.550. The minimum atomic E-state index is 0.712. The molecular weight excluding hydrogens is 202 g/mol. The highest BCUT2D eigenvalue weighted by atomic mass is 35.5. The first-order valence-electron chi connectivity index (χ1n) is 4.78. The Morgan fingerprint density at radius 2 is 2.38 bits per heavy atom. The summed E-state index contributed by atoms with van der Waals surface area (Å²) in [6.45, 7) is 3.00. The van der Waals surface area contributed by atoms with E-state index in [1.165, 1.54) is 24.8 Å². The van der Waals surface area contributed by atoms with Gasteiger partial charge in [0.05, 0.1) is 0 Å². The SMILES string of the molecule is CSC1CCC(NCC(C)=CCl)C1. The fraction of sp³-hybridized carbons (Fsp3) is 0.800. The van der Waals surface area contributed by atoms with E-state index in [0.29, 0.717) is 6.04 Å². The molecule has 0 saturated heterocycles. The zero-order valence-electron chi connectivity index (χ0n) is 8.35. The number of halogens is 1. The molecule has 0 aromatic carbocycles. The van der Waals surface area contributed by atoms with Crippen LogP contribution >= 0.6 is 23.4 Å². The zero-order chi connectivity index (χ0) is 9.68. The van der Waals surface area contributed by atoms with Crippen LogP contribution in [0.5, 0.6) is 0 Å². The van der Waals surface area contributed by atoms with Crippen LogP contribution in [-0.4, -0.2) is 24.1 Å². The Morgan fingerprint density at radius 1 is 1.62 bits per heavy atom. The van der Waals surface area contributed by atoms with Crippen molar-refractivity contribution >= 4 is 23.4 Å². The molecule has 0 heterocycles. The normalized spacial score (nSPS) is 29.6. The fourth-order valence-electron chi connectivity index (χ4n) is 1.68. The van der Waals surface area contributed by atoms with Gasteiger partial charge >= 0.3 is 0 Å². The van der Waals surface area contributed by atoms with Crippen LogP contribution in [0, 0.1) is 0 Å². The monoisotopic (exact) mass is 219 g/mol. The summed E-state index contributed by atoms with van der Waals surface area (Å²) in [6, 6.07) is 0.712. The Bertz CT molecular complexity index is 182. The van der Waals surface area contributed by atoms with Crippen LogP contribution in [0.25, 0.3) is 0 Å². The molecule has 1 saturated carbocycles. The van der Waals surface area contributed by atoms with Crippen LogP contribution in [0.2, 0.25) is 0 Å². The number of rotatable bonds is 4. The first-order valence-corrected chi connectivity index (χ1v) is 6.50. The van der Waals surface area contributed by atoms with Crippen molar-refractivity contribution in [1.82, 2.24) is 5.32 Å². The maximum atomic E-state index is 5.59. The van der Waals surface area contributed by atoms with E-state index in [2.05, 4.69) is 18.5 Å². The van der Waals surface area contributed by atoms with Crippen molar-refractivity contribution < 1.29 is 0 Å². The summed E-state index contributed by atoms with van der Waals surface area (Å²) in [5.74, 6) is 0. The molecule has 0 aliphatic heterocycles. The van der Waals surface area contributed by atoms with E-state index in [1.807, 2.05) is 11.8 Å². The van der Waals surface area contributed by atoms with Crippen molar-refractivity contribution in [3.8, 4) is 0 Å². The van der Waals surface area contributed by atoms with Gasteiger partial charge in [0.1, 0.15) is 0 Å². The van der Waals surface area contributed by atoms with E-state index in [4.69, 9.17) is 11.6 Å². The lowest BCUT2D eigenvalue weighted by Crippen LogP contribution is -2.28. The van der Waals surface area contributed by atoms with Crippen LogP contribution in [0.3, 0.4) is 0 Å². The first kappa shape index (κ1) is 11.4. The maximum absolute atomic E-state index is 5.59. The number of hydrogen-bond acceptors (Lipinski definition) is 2. The molecule has 0 radical (unpaired) electrons. The van der Waals surface area contributed by atoms with E-state index in [0.717, 1.165) is 11.8 Å². The second-order valence-corrected chi connectivity index (χ2v) is 5.06. The van der Waals surface area contributed by atoms with Crippen molar-refractivity contribution in [3.05, 3.63) is 11.1 Å². The Balaban J connectivity index is 2.17. The van der Waals surface area contributed by atoms with Gasteiger partial charge in [-0.05, 0) is 38.0 Å². The van der Waals surface area contributed by atoms with E-state index < -0.39 is 0 Å². The van der Waals surface area contributed by atoms with Crippen molar-refractivity contribution in [2.75, 3.05) is 12.8 Å². The molecule has 76 valence electrons. The van der Waals surface area contributed by atoms with Crippen molar-refractivity contribution in [2.24, 2.45) is 0 Å². The Kier molecular flexibility index (Phi) is 5.22. The highest BCUT2D eigenvalue weighted by molar-refractivity contribution is 7.99. The zero-order valence-corrected chi connectivity index (χ0v) is 9.92. The molecule has 13 heavy (non-hydrogen) atoms. The van der Waals surface area contributed by atoms with Gasteiger partial charge in [-0.15, -0.1) is 0 Å². The molecule has 0 bridgehead atoms. The molecule has 2 unspecified atom stereocenters. The average molecular weight is 220 g/mol. The molecule has 0 aromatic heterocycles. The Hall–Kier alpha value is 0.340. The molecule has 0 aromatic rings. The molecule has 1 N–H and O–H groups in total. The summed E-state index contributed by atoms with van der Waals surface area (Å²) in [7, 11) is 0. The smallest absolute Gasteiger partial charge is 0.0176 e. The van der Waals surface area contributed by atoms with Crippen LogP contribution in [0.1, 0.15) is 26.2 Å². The summed E-state index contributed by atoms with van der Waals surface area (Å²) < 4.78 is 0. The molecule has 1 aliphatic rings. The van der Waals surface area contributed by atoms with E-state index in [9.17, 15) is 0 Å². The quantitative estimate of drug-likeness (QED) is 0.780. The largest absolute Gasteiger partial charge is 0.310 e. The molecule has 1 nitrogen and oxygen atoms in total.